The van der Waals surface area contributed by atoms with E-state index in [0.717, 1.165) is 15.9 Å². The summed E-state index contributed by atoms with van der Waals surface area (Å²) >= 11 is 12.5. The molecule has 0 amide bonds. The van der Waals surface area contributed by atoms with Gasteiger partial charge in [-0.25, -0.2) is 4.79 Å². The van der Waals surface area contributed by atoms with Crippen LogP contribution < -0.4 is 15.9 Å². The molecule has 0 heterocycles. The average molecular weight is 590 g/mol. The molecule has 0 atom stereocenters. The largest absolute Gasteiger partial charge is 0.502 e. The number of aliphatic hydroxyl groups excluding tert-OH is 1. The maximum absolute atomic E-state index is 13.7. The molecular formula is C31H22Cl2NO5P. The number of esters is 1. The van der Waals surface area contributed by atoms with Crippen LogP contribution in [0.3, 0.4) is 0 Å². The number of benzene rings is 4. The second kappa shape index (κ2) is 11.2. The van der Waals surface area contributed by atoms with Gasteiger partial charge in [0.2, 0.25) is 5.76 Å². The fourth-order valence-electron chi connectivity index (χ4n) is 5.11. The van der Waals surface area contributed by atoms with Gasteiger partial charge in [-0.05, 0) is 40.5 Å². The Labute approximate surface area is 240 Å². The van der Waals surface area contributed by atoms with Crippen molar-refractivity contribution in [2.75, 3.05) is 7.11 Å². The predicted octanol–water partition coefficient (Wildman–Crippen LogP) is 6.15. The van der Waals surface area contributed by atoms with Gasteiger partial charge in [0.15, 0.2) is 0 Å². The van der Waals surface area contributed by atoms with Crippen molar-refractivity contribution >= 4 is 62.8 Å². The number of allylic oxidation sites excluding steroid dienone is 2. The average Bonchev–Trinajstić information content (AvgIpc) is 3.29. The van der Waals surface area contributed by atoms with Gasteiger partial charge < -0.3 is 9.84 Å². The van der Waals surface area contributed by atoms with Crippen molar-refractivity contribution in [2.45, 2.75) is 0 Å². The highest BCUT2D eigenvalue weighted by molar-refractivity contribution is 7.96. The molecule has 1 N–H and O–H groups in total. The van der Waals surface area contributed by atoms with Crippen molar-refractivity contribution in [1.29, 1.82) is 0 Å². The van der Waals surface area contributed by atoms with Crippen LogP contribution in [-0.4, -0.2) is 28.4 Å². The smallest absolute Gasteiger partial charge is 0.339 e. The standard InChI is InChI=1S/C31H22Cl2NO5P/c1-39-31(36)27-26(20-17-18-24(32)25(33)19-20)28(34(37)38)29(35)30(27)40(21-11-5-2-6-12-21,22-13-7-3-8-14-22)23-15-9-4-10-16-23/h2-19,35H,1H3. The zero-order valence-corrected chi connectivity index (χ0v) is 23.5. The van der Waals surface area contributed by atoms with Crippen molar-refractivity contribution in [1.82, 2.24) is 0 Å². The molecule has 4 aromatic carbocycles. The molecule has 1 aliphatic rings. The number of rotatable bonds is 6. The highest BCUT2D eigenvalue weighted by atomic mass is 35.5. The zero-order valence-electron chi connectivity index (χ0n) is 21.1. The maximum Gasteiger partial charge on any atom is 0.339 e. The maximum atomic E-state index is 13.7. The Morgan fingerprint density at radius 2 is 1.27 bits per heavy atom. The second-order valence-electron chi connectivity index (χ2n) is 8.85. The first-order valence-corrected chi connectivity index (χ1v) is 14.7. The molecule has 0 radical (unpaired) electrons. The van der Waals surface area contributed by atoms with Crippen LogP contribution in [0.1, 0.15) is 5.56 Å². The predicted molar refractivity (Wildman–Crippen MR) is 162 cm³/mol. The molecule has 0 bridgehead atoms. The first-order chi connectivity index (χ1) is 19.3. The van der Waals surface area contributed by atoms with Crippen molar-refractivity contribution in [3.63, 3.8) is 0 Å². The molecule has 0 saturated heterocycles. The molecule has 9 heteroatoms. The van der Waals surface area contributed by atoms with Crippen LogP contribution in [0.4, 0.5) is 0 Å². The lowest BCUT2D eigenvalue weighted by molar-refractivity contribution is -0.418. The lowest BCUT2D eigenvalue weighted by atomic mass is 10.0. The minimum atomic E-state index is -3.15. The third-order valence-electron chi connectivity index (χ3n) is 6.72. The summed E-state index contributed by atoms with van der Waals surface area (Å²) in [6.45, 7) is -3.15. The van der Waals surface area contributed by atoms with Crippen molar-refractivity contribution in [3.8, 4) is 0 Å². The van der Waals surface area contributed by atoms with E-state index in [1.165, 1.54) is 25.3 Å². The monoisotopic (exact) mass is 589 g/mol. The summed E-state index contributed by atoms with van der Waals surface area (Å²) in [6, 6.07) is 32.7. The Hall–Kier alpha value is -4.09. The third kappa shape index (κ3) is 4.44. The number of ether oxygens (including phenoxy) is 1. The Morgan fingerprint density at radius 3 is 1.68 bits per heavy atom. The molecule has 1 aliphatic carbocycles. The van der Waals surface area contributed by atoms with E-state index < -0.39 is 29.2 Å². The number of halogens is 2. The molecule has 5 rings (SSSR count). The molecule has 0 aliphatic heterocycles. The molecular weight excluding hydrogens is 568 g/mol. The fourth-order valence-corrected chi connectivity index (χ4v) is 9.90. The number of hydrogen-bond acceptors (Lipinski definition) is 5. The van der Waals surface area contributed by atoms with E-state index in [0.29, 0.717) is 0 Å². The summed E-state index contributed by atoms with van der Waals surface area (Å²) in [5.41, 5.74) is -0.554. The van der Waals surface area contributed by atoms with Gasteiger partial charge in [0.1, 0.15) is 0 Å². The third-order valence-corrected chi connectivity index (χ3v) is 11.8. The lowest BCUT2D eigenvalue weighted by Gasteiger charge is -2.32. The summed E-state index contributed by atoms with van der Waals surface area (Å²) in [5.74, 6) is -1.43. The van der Waals surface area contributed by atoms with E-state index in [1.807, 2.05) is 91.0 Å². The van der Waals surface area contributed by atoms with E-state index in [9.17, 15) is 20.0 Å². The number of methoxy groups -OCH3 is 1. The Kier molecular flexibility index (Phi) is 7.68. The van der Waals surface area contributed by atoms with E-state index >= 15 is 0 Å². The van der Waals surface area contributed by atoms with Gasteiger partial charge in [0.25, 0.3) is 0 Å². The first-order valence-electron chi connectivity index (χ1n) is 12.1. The topological polar surface area (TPSA) is 89.7 Å². The van der Waals surface area contributed by atoms with Crippen LogP contribution in [-0.2, 0) is 9.53 Å². The van der Waals surface area contributed by atoms with E-state index in [2.05, 4.69) is 0 Å². The summed E-state index contributed by atoms with van der Waals surface area (Å²) in [5, 5.41) is 27.4. The van der Waals surface area contributed by atoms with Crippen LogP contribution in [0.2, 0.25) is 10.0 Å². The Morgan fingerprint density at radius 1 is 0.800 bits per heavy atom. The molecule has 6 nitrogen and oxygen atoms in total. The number of hydrogen-bond donors (Lipinski definition) is 1. The molecule has 4 aromatic rings. The van der Waals surface area contributed by atoms with Crippen LogP contribution in [0.25, 0.3) is 5.57 Å². The van der Waals surface area contributed by atoms with Crippen LogP contribution in [0, 0.1) is 10.1 Å². The number of nitrogens with zero attached hydrogens (tertiary/aromatic N) is 1. The second-order valence-corrected chi connectivity index (χ2v) is 13.0. The summed E-state index contributed by atoms with van der Waals surface area (Å²) in [7, 11) is 1.20. The normalized spacial score (nSPS) is 13.5. The highest BCUT2D eigenvalue weighted by Crippen LogP contribution is 2.53. The van der Waals surface area contributed by atoms with Gasteiger partial charge in [0.05, 0.1) is 33.2 Å². The SMILES string of the molecule is COC(=O)C1=C(c2ccc(Cl)c(Cl)c2)C([N+](=O)[O-])=C(O)C1=P(c1ccccc1)(c1ccccc1)c1ccccc1. The Bertz CT molecular complexity index is 1650. The van der Waals surface area contributed by atoms with Gasteiger partial charge in [-0.2, -0.15) is 0 Å². The summed E-state index contributed by atoms with van der Waals surface area (Å²) < 4.78 is 5.23. The van der Waals surface area contributed by atoms with E-state index in [1.54, 1.807) is 0 Å². The van der Waals surface area contributed by atoms with Crippen molar-refractivity contribution in [3.05, 3.63) is 152 Å². The fraction of sp³-hybridized carbons (Fsp3) is 0.0323. The molecule has 0 unspecified atom stereocenters. The quantitative estimate of drug-likeness (QED) is 0.126. The lowest BCUT2D eigenvalue weighted by Crippen LogP contribution is -2.32. The molecule has 0 aromatic heterocycles. The van der Waals surface area contributed by atoms with E-state index in [-0.39, 0.29) is 32.0 Å². The highest BCUT2D eigenvalue weighted by Gasteiger charge is 2.47. The van der Waals surface area contributed by atoms with Crippen LogP contribution in [0.5, 0.6) is 0 Å². The van der Waals surface area contributed by atoms with Gasteiger partial charge >= 0.3 is 11.7 Å². The van der Waals surface area contributed by atoms with Crippen molar-refractivity contribution < 1.29 is 19.6 Å². The molecule has 40 heavy (non-hydrogen) atoms. The Balaban J connectivity index is 2.13. The first kappa shape index (κ1) is 27.5. The number of nitro groups is 1. The van der Waals surface area contributed by atoms with Gasteiger partial charge in [-0.1, -0.05) is 120 Å². The minimum Gasteiger partial charge on any atom is -0.502 e. The molecule has 0 spiro atoms. The molecule has 0 saturated carbocycles. The minimum absolute atomic E-state index is 0.0879. The number of aliphatic hydroxyl groups is 1. The molecule has 200 valence electrons. The van der Waals surface area contributed by atoms with Gasteiger partial charge in [-0.3, -0.25) is 10.1 Å². The van der Waals surface area contributed by atoms with Gasteiger partial charge in [-0.15, -0.1) is 0 Å². The summed E-state index contributed by atoms with van der Waals surface area (Å²) in [4.78, 5) is 25.7. The molecule has 0 fully saturated rings. The van der Waals surface area contributed by atoms with Crippen LogP contribution >= 0.6 is 30.1 Å². The summed E-state index contributed by atoms with van der Waals surface area (Å²) in [6.07, 6.45) is 0. The van der Waals surface area contributed by atoms with E-state index in [4.69, 9.17) is 27.9 Å². The number of carbonyl (C=O) groups excluding carboxylic acids is 1. The van der Waals surface area contributed by atoms with Crippen LogP contribution in [0.15, 0.2) is 126 Å². The van der Waals surface area contributed by atoms with Gasteiger partial charge in [0, 0.05) is 5.29 Å². The zero-order chi connectivity index (χ0) is 28.4. The number of carbonyl (C=O) groups is 1. The van der Waals surface area contributed by atoms with Crippen molar-refractivity contribution in [2.24, 2.45) is 0 Å².